The van der Waals surface area contributed by atoms with Gasteiger partial charge in [0.05, 0.1) is 5.02 Å². The lowest BCUT2D eigenvalue weighted by Crippen LogP contribution is -1.77. The van der Waals surface area contributed by atoms with Crippen LogP contribution in [0.5, 0.6) is 0 Å². The van der Waals surface area contributed by atoms with Gasteiger partial charge in [-0.2, -0.15) is 0 Å². The summed E-state index contributed by atoms with van der Waals surface area (Å²) >= 11 is 5.84. The highest BCUT2D eigenvalue weighted by Crippen LogP contribution is 2.19. The minimum Gasteiger partial charge on any atom is -0.346 e. The number of halogens is 1. The van der Waals surface area contributed by atoms with Crippen molar-refractivity contribution in [2.24, 2.45) is 0 Å². The fraction of sp³-hybridized carbons (Fsp3) is 0.0667. The van der Waals surface area contributed by atoms with Gasteiger partial charge >= 0.3 is 0 Å². The molecule has 4 aromatic rings. The van der Waals surface area contributed by atoms with E-state index in [1.54, 1.807) is 12.3 Å². The zero-order chi connectivity index (χ0) is 13.9. The Morgan fingerprint density at radius 3 is 2.10 bits per heavy atom. The Balaban J connectivity index is 0.000000121. The lowest BCUT2D eigenvalue weighted by atomic mass is 10.2. The number of aromatic nitrogens is 4. The minimum atomic E-state index is 0.742. The second-order valence-corrected chi connectivity index (χ2v) is 4.81. The smallest absolute Gasteiger partial charge is 0.138 e. The van der Waals surface area contributed by atoms with Crippen molar-refractivity contribution < 1.29 is 0 Å². The van der Waals surface area contributed by atoms with E-state index in [-0.39, 0.29) is 0 Å². The normalized spacial score (nSPS) is 10.5. The van der Waals surface area contributed by atoms with E-state index in [0.717, 1.165) is 21.7 Å². The van der Waals surface area contributed by atoms with Crippen molar-refractivity contribution in [3.05, 3.63) is 59.6 Å². The van der Waals surface area contributed by atoms with Crippen LogP contribution in [0.4, 0.5) is 0 Å². The molecule has 20 heavy (non-hydrogen) atoms. The van der Waals surface area contributed by atoms with E-state index in [0.29, 0.717) is 0 Å². The van der Waals surface area contributed by atoms with Crippen LogP contribution in [-0.2, 0) is 0 Å². The van der Waals surface area contributed by atoms with E-state index in [2.05, 4.69) is 26.9 Å². The number of aryl methyl sites for hydroxylation is 1. The molecular formula is C15H13ClN4. The molecule has 2 N–H and O–H groups in total. The fourth-order valence-corrected chi connectivity index (χ4v) is 2.24. The molecule has 0 radical (unpaired) electrons. The summed E-state index contributed by atoms with van der Waals surface area (Å²) in [5.74, 6) is 0. The molecule has 4 rings (SSSR count). The second kappa shape index (κ2) is 5.35. The quantitative estimate of drug-likeness (QED) is 0.511. The van der Waals surface area contributed by atoms with Crippen LogP contribution >= 0.6 is 11.6 Å². The van der Waals surface area contributed by atoms with Crippen molar-refractivity contribution in [3.8, 4) is 0 Å². The molecule has 0 aromatic carbocycles. The van der Waals surface area contributed by atoms with Gasteiger partial charge in [-0.05, 0) is 36.8 Å². The van der Waals surface area contributed by atoms with E-state index < -0.39 is 0 Å². The van der Waals surface area contributed by atoms with Crippen molar-refractivity contribution in [2.45, 2.75) is 6.92 Å². The van der Waals surface area contributed by atoms with Crippen LogP contribution in [0.15, 0.2) is 49.1 Å². The number of hydrogen-bond donors (Lipinski definition) is 2. The number of aromatic amines is 2. The molecule has 0 fully saturated rings. The van der Waals surface area contributed by atoms with Gasteiger partial charge in [0.1, 0.15) is 11.3 Å². The average Bonchev–Trinajstić information content (AvgIpc) is 3.08. The molecule has 0 saturated carbocycles. The Labute approximate surface area is 120 Å². The topological polar surface area (TPSA) is 57.4 Å². The Bertz CT molecular complexity index is 775. The van der Waals surface area contributed by atoms with Crippen LogP contribution in [0, 0.1) is 6.92 Å². The van der Waals surface area contributed by atoms with Crippen molar-refractivity contribution in [1.82, 2.24) is 19.9 Å². The van der Waals surface area contributed by atoms with Gasteiger partial charge in [0.25, 0.3) is 0 Å². The molecule has 0 aliphatic heterocycles. The van der Waals surface area contributed by atoms with Crippen molar-refractivity contribution >= 4 is 33.7 Å². The van der Waals surface area contributed by atoms with Crippen molar-refractivity contribution in [2.75, 3.05) is 0 Å². The standard InChI is InChI=1S/C8H8N2.C7H5ClN2/c1-6-2-4-9-8-7(6)3-5-10-8;8-6-2-4-10-7-5(6)1-3-9-7/h2-5H,1H3,(H,9,10);1-4H,(H,9,10). The summed E-state index contributed by atoms with van der Waals surface area (Å²) in [6.45, 7) is 2.08. The monoisotopic (exact) mass is 284 g/mol. The number of nitrogens with one attached hydrogen (secondary N) is 2. The van der Waals surface area contributed by atoms with Crippen LogP contribution in [-0.4, -0.2) is 19.9 Å². The number of H-pyrrole nitrogens is 2. The highest BCUT2D eigenvalue weighted by atomic mass is 35.5. The minimum absolute atomic E-state index is 0.742. The molecule has 5 heteroatoms. The van der Waals surface area contributed by atoms with Crippen LogP contribution in [0.1, 0.15) is 5.56 Å². The van der Waals surface area contributed by atoms with Crippen LogP contribution in [0.2, 0.25) is 5.02 Å². The first-order valence-corrected chi connectivity index (χ1v) is 6.60. The van der Waals surface area contributed by atoms with Gasteiger partial charge in [0, 0.05) is 35.6 Å². The molecule has 0 saturated heterocycles. The molecule has 0 atom stereocenters. The number of rotatable bonds is 0. The van der Waals surface area contributed by atoms with E-state index in [1.807, 2.05) is 36.8 Å². The molecule has 0 spiro atoms. The first-order valence-electron chi connectivity index (χ1n) is 6.22. The Morgan fingerprint density at radius 2 is 1.45 bits per heavy atom. The largest absolute Gasteiger partial charge is 0.346 e. The predicted molar refractivity (Wildman–Crippen MR) is 81.9 cm³/mol. The first-order chi connectivity index (χ1) is 9.75. The highest BCUT2D eigenvalue weighted by molar-refractivity contribution is 6.35. The van der Waals surface area contributed by atoms with Crippen LogP contribution < -0.4 is 0 Å². The van der Waals surface area contributed by atoms with E-state index in [9.17, 15) is 0 Å². The summed E-state index contributed by atoms with van der Waals surface area (Å²) < 4.78 is 0. The lowest BCUT2D eigenvalue weighted by Gasteiger charge is -1.91. The average molecular weight is 285 g/mol. The fourth-order valence-electron chi connectivity index (χ4n) is 2.03. The summed E-state index contributed by atoms with van der Waals surface area (Å²) in [6.07, 6.45) is 7.23. The summed E-state index contributed by atoms with van der Waals surface area (Å²) in [4.78, 5) is 14.2. The first kappa shape index (κ1) is 12.7. The van der Waals surface area contributed by atoms with Gasteiger partial charge in [-0.3, -0.25) is 0 Å². The molecular weight excluding hydrogens is 272 g/mol. The summed E-state index contributed by atoms with van der Waals surface area (Å²) in [5, 5.41) is 2.93. The molecule has 0 bridgehead atoms. The Morgan fingerprint density at radius 1 is 0.850 bits per heavy atom. The zero-order valence-corrected chi connectivity index (χ0v) is 11.6. The summed E-state index contributed by atoms with van der Waals surface area (Å²) in [5.41, 5.74) is 3.08. The maximum absolute atomic E-state index is 5.84. The Kier molecular flexibility index (Phi) is 3.39. The highest BCUT2D eigenvalue weighted by Gasteiger charge is 1.97. The molecule has 0 aliphatic carbocycles. The number of nitrogens with zero attached hydrogens (tertiary/aromatic N) is 2. The number of hydrogen-bond acceptors (Lipinski definition) is 2. The summed E-state index contributed by atoms with van der Waals surface area (Å²) in [6, 6.07) is 7.73. The maximum atomic E-state index is 5.84. The number of pyridine rings is 2. The number of fused-ring (bicyclic) bond motifs is 2. The van der Waals surface area contributed by atoms with Gasteiger partial charge in [-0.1, -0.05) is 11.6 Å². The van der Waals surface area contributed by atoms with Gasteiger partial charge in [-0.25, -0.2) is 9.97 Å². The van der Waals surface area contributed by atoms with Crippen molar-refractivity contribution in [3.63, 3.8) is 0 Å². The molecule has 4 nitrogen and oxygen atoms in total. The Hall–Kier alpha value is -2.33. The van der Waals surface area contributed by atoms with E-state index in [4.69, 9.17) is 11.6 Å². The third-order valence-corrected chi connectivity index (χ3v) is 3.41. The van der Waals surface area contributed by atoms with Gasteiger partial charge in [0.15, 0.2) is 0 Å². The molecule has 0 amide bonds. The van der Waals surface area contributed by atoms with Gasteiger partial charge in [0.2, 0.25) is 0 Å². The molecule has 4 aromatic heterocycles. The molecule has 0 unspecified atom stereocenters. The SMILES string of the molecule is Cc1ccnc2[nH]ccc12.Clc1ccnc2[nH]ccc12. The third-order valence-electron chi connectivity index (χ3n) is 3.09. The van der Waals surface area contributed by atoms with Crippen molar-refractivity contribution in [1.29, 1.82) is 0 Å². The molecule has 100 valence electrons. The zero-order valence-electron chi connectivity index (χ0n) is 10.9. The molecule has 0 aliphatic rings. The molecule has 4 heterocycles. The maximum Gasteiger partial charge on any atom is 0.138 e. The second-order valence-electron chi connectivity index (χ2n) is 4.40. The van der Waals surface area contributed by atoms with E-state index >= 15 is 0 Å². The van der Waals surface area contributed by atoms with Gasteiger partial charge < -0.3 is 9.97 Å². The van der Waals surface area contributed by atoms with E-state index in [1.165, 1.54) is 10.9 Å². The third kappa shape index (κ3) is 2.38. The summed E-state index contributed by atoms with van der Waals surface area (Å²) in [7, 11) is 0. The lowest BCUT2D eigenvalue weighted by molar-refractivity contribution is 1.31. The van der Waals surface area contributed by atoms with Gasteiger partial charge in [-0.15, -0.1) is 0 Å². The van der Waals surface area contributed by atoms with Crippen LogP contribution in [0.25, 0.3) is 22.1 Å². The van der Waals surface area contributed by atoms with Crippen LogP contribution in [0.3, 0.4) is 0 Å². The predicted octanol–water partition coefficient (Wildman–Crippen LogP) is 4.09.